The first-order chi connectivity index (χ1) is 9.99. The van der Waals surface area contributed by atoms with Crippen LogP contribution in [0.3, 0.4) is 0 Å². The predicted molar refractivity (Wildman–Crippen MR) is 66.1 cm³/mol. The van der Waals surface area contributed by atoms with E-state index in [0.717, 1.165) is 6.07 Å². The lowest BCUT2D eigenvalue weighted by Gasteiger charge is -2.15. The summed E-state index contributed by atoms with van der Waals surface area (Å²) >= 11 is 0. The summed E-state index contributed by atoms with van der Waals surface area (Å²) in [5.74, 6) is -4.78. The fourth-order valence-electron chi connectivity index (χ4n) is 2.16. The van der Waals surface area contributed by atoms with Gasteiger partial charge in [0.15, 0.2) is 11.6 Å². The molecule has 0 fully saturated rings. The molecule has 0 saturated carbocycles. The molecule has 1 aliphatic rings. The van der Waals surface area contributed by atoms with E-state index in [0.29, 0.717) is 11.0 Å². The molecule has 1 aliphatic heterocycles. The Morgan fingerprint density at radius 1 is 1.24 bits per heavy atom. The third-order valence-electron chi connectivity index (χ3n) is 3.08. The number of furan rings is 1. The molecule has 106 valence electrons. The Balaban J connectivity index is 2.00. The topological polar surface area (TPSA) is 67.6 Å². The molecule has 21 heavy (non-hydrogen) atoms. The second kappa shape index (κ2) is 4.62. The van der Waals surface area contributed by atoms with E-state index in [1.165, 1.54) is 18.4 Å². The molecule has 1 aromatic heterocycles. The number of hydrogen-bond acceptors (Lipinski definition) is 4. The highest BCUT2D eigenvalue weighted by atomic mass is 19.1. The zero-order valence-electron chi connectivity index (χ0n) is 10.4. The summed E-state index contributed by atoms with van der Waals surface area (Å²) in [7, 11) is 0. The van der Waals surface area contributed by atoms with Gasteiger partial charge in [-0.1, -0.05) is 0 Å². The Bertz CT molecular complexity index is 768. The fourth-order valence-corrected chi connectivity index (χ4v) is 2.16. The maximum atomic E-state index is 13.8. The van der Waals surface area contributed by atoms with Crippen molar-refractivity contribution in [1.82, 2.24) is 0 Å². The smallest absolute Gasteiger partial charge is 0.299 e. The van der Waals surface area contributed by atoms with Crippen molar-refractivity contribution in [3.8, 4) is 0 Å². The Kier molecular flexibility index (Phi) is 2.90. The highest BCUT2D eigenvalue weighted by Gasteiger charge is 2.39. The van der Waals surface area contributed by atoms with Gasteiger partial charge in [0.05, 0.1) is 24.1 Å². The molecule has 1 aromatic carbocycles. The molecule has 2 heterocycles. The Morgan fingerprint density at radius 2 is 2.00 bits per heavy atom. The van der Waals surface area contributed by atoms with Gasteiger partial charge in [-0.25, -0.2) is 8.78 Å². The molecule has 0 N–H and O–H groups in total. The van der Waals surface area contributed by atoms with Gasteiger partial charge in [0.1, 0.15) is 5.82 Å². The highest BCUT2D eigenvalue weighted by molar-refractivity contribution is 6.52. The summed E-state index contributed by atoms with van der Waals surface area (Å²) < 4.78 is 31.8. The quantitative estimate of drug-likeness (QED) is 0.640. The van der Waals surface area contributed by atoms with Crippen molar-refractivity contribution in [3.63, 3.8) is 0 Å². The van der Waals surface area contributed by atoms with Crippen molar-refractivity contribution in [3.05, 3.63) is 53.5 Å². The fraction of sp³-hybridized carbons (Fsp3) is 0.0714. The lowest BCUT2D eigenvalue weighted by atomic mass is 10.1. The number of nitrogens with zero attached hydrogens (tertiary/aromatic N) is 1. The molecule has 5 nitrogen and oxygen atoms in total. The zero-order chi connectivity index (χ0) is 15.1. The Morgan fingerprint density at radius 3 is 2.67 bits per heavy atom. The number of Topliss-reactive ketones (excluding diaryl/α,β-unsaturated/α-hetero) is 2. The first-order valence-electron chi connectivity index (χ1n) is 5.91. The van der Waals surface area contributed by atoms with Crippen molar-refractivity contribution >= 4 is 23.2 Å². The zero-order valence-corrected chi connectivity index (χ0v) is 10.4. The average Bonchev–Trinajstić information content (AvgIpc) is 3.03. The number of benzene rings is 1. The second-order valence-corrected chi connectivity index (χ2v) is 4.40. The van der Waals surface area contributed by atoms with Crippen LogP contribution in [0.1, 0.15) is 20.9 Å². The number of rotatable bonds is 3. The number of halogens is 2. The van der Waals surface area contributed by atoms with Crippen LogP contribution in [0, 0.1) is 11.6 Å². The molecular formula is C14H7F2NO4. The van der Waals surface area contributed by atoms with E-state index in [1.54, 1.807) is 0 Å². The van der Waals surface area contributed by atoms with E-state index in [1.807, 2.05) is 0 Å². The van der Waals surface area contributed by atoms with Crippen molar-refractivity contribution in [1.29, 1.82) is 0 Å². The predicted octanol–water partition coefficient (Wildman–Crippen LogP) is 1.97. The van der Waals surface area contributed by atoms with Gasteiger partial charge >= 0.3 is 0 Å². The van der Waals surface area contributed by atoms with E-state index in [-0.39, 0.29) is 17.0 Å². The van der Waals surface area contributed by atoms with E-state index < -0.39 is 35.7 Å². The largest absolute Gasteiger partial charge is 0.461 e. The minimum absolute atomic E-state index is 0.0220. The van der Waals surface area contributed by atoms with Crippen LogP contribution in [-0.2, 0) is 4.79 Å². The van der Waals surface area contributed by atoms with Crippen molar-refractivity contribution in [2.75, 3.05) is 11.4 Å². The molecule has 0 saturated heterocycles. The summed E-state index contributed by atoms with van der Waals surface area (Å²) in [5.41, 5.74) is -0.768. The van der Waals surface area contributed by atoms with E-state index in [2.05, 4.69) is 0 Å². The van der Waals surface area contributed by atoms with Gasteiger partial charge in [-0.05, 0) is 18.2 Å². The van der Waals surface area contributed by atoms with Crippen molar-refractivity contribution in [2.24, 2.45) is 0 Å². The van der Waals surface area contributed by atoms with Crippen LogP contribution in [0.4, 0.5) is 14.5 Å². The summed E-state index contributed by atoms with van der Waals surface area (Å²) in [5, 5.41) is 0. The Labute approximate surface area is 116 Å². The van der Waals surface area contributed by atoms with Gasteiger partial charge in [0.25, 0.3) is 11.7 Å². The van der Waals surface area contributed by atoms with Gasteiger partial charge in [-0.2, -0.15) is 0 Å². The maximum absolute atomic E-state index is 13.8. The normalized spacial score (nSPS) is 13.7. The van der Waals surface area contributed by atoms with Gasteiger partial charge in [0, 0.05) is 6.07 Å². The second-order valence-electron chi connectivity index (χ2n) is 4.40. The molecule has 0 aliphatic carbocycles. The van der Waals surface area contributed by atoms with Crippen molar-refractivity contribution in [2.45, 2.75) is 0 Å². The number of ketones is 2. The van der Waals surface area contributed by atoms with E-state index in [9.17, 15) is 23.2 Å². The number of fused-ring (bicyclic) bond motifs is 1. The Hall–Kier alpha value is -2.83. The molecule has 1 amide bonds. The molecule has 0 bridgehead atoms. The van der Waals surface area contributed by atoms with Gasteiger partial charge in [-0.3, -0.25) is 19.3 Å². The number of amides is 1. The molecule has 0 radical (unpaired) electrons. The van der Waals surface area contributed by atoms with Crippen LogP contribution in [0.2, 0.25) is 0 Å². The van der Waals surface area contributed by atoms with Crippen LogP contribution >= 0.6 is 0 Å². The highest BCUT2D eigenvalue weighted by Crippen LogP contribution is 2.32. The first kappa shape index (κ1) is 13.2. The maximum Gasteiger partial charge on any atom is 0.299 e. The SMILES string of the molecule is O=C(CN1C(=O)C(=O)c2cc(F)cc(F)c21)c1ccco1. The summed E-state index contributed by atoms with van der Waals surface area (Å²) in [6.07, 6.45) is 1.27. The molecule has 0 unspecified atom stereocenters. The van der Waals surface area contributed by atoms with Crippen LogP contribution in [0.5, 0.6) is 0 Å². The number of carbonyl (C=O) groups excluding carboxylic acids is 3. The third-order valence-corrected chi connectivity index (χ3v) is 3.08. The minimum Gasteiger partial charge on any atom is -0.461 e. The lowest BCUT2D eigenvalue weighted by Crippen LogP contribution is -2.35. The van der Waals surface area contributed by atoms with Gasteiger partial charge in [0.2, 0.25) is 5.78 Å². The van der Waals surface area contributed by atoms with Gasteiger partial charge in [-0.15, -0.1) is 0 Å². The minimum atomic E-state index is -1.07. The van der Waals surface area contributed by atoms with Crippen LogP contribution in [0.15, 0.2) is 34.9 Å². The van der Waals surface area contributed by atoms with Crippen LogP contribution in [0.25, 0.3) is 0 Å². The molecule has 2 aromatic rings. The third kappa shape index (κ3) is 2.03. The average molecular weight is 291 g/mol. The molecular weight excluding hydrogens is 284 g/mol. The van der Waals surface area contributed by atoms with E-state index in [4.69, 9.17) is 4.42 Å². The molecule has 3 rings (SSSR count). The number of carbonyl (C=O) groups is 3. The lowest BCUT2D eigenvalue weighted by molar-refractivity contribution is -0.114. The first-order valence-corrected chi connectivity index (χ1v) is 5.91. The van der Waals surface area contributed by atoms with Crippen LogP contribution < -0.4 is 4.90 Å². The van der Waals surface area contributed by atoms with E-state index >= 15 is 0 Å². The van der Waals surface area contributed by atoms with Gasteiger partial charge < -0.3 is 4.42 Å². The monoisotopic (exact) mass is 291 g/mol. The molecule has 0 spiro atoms. The molecule has 7 heteroatoms. The summed E-state index contributed by atoms with van der Waals surface area (Å²) in [6.45, 7) is -0.562. The van der Waals surface area contributed by atoms with Crippen molar-refractivity contribution < 1.29 is 27.6 Å². The van der Waals surface area contributed by atoms with Crippen LogP contribution in [-0.4, -0.2) is 24.0 Å². The summed E-state index contributed by atoms with van der Waals surface area (Å²) in [4.78, 5) is 36.2. The standard InChI is InChI=1S/C14H7F2NO4/c15-7-4-8-12(9(16)5-7)17(14(20)13(8)19)6-10(18)11-2-1-3-21-11/h1-5H,6H2. The summed E-state index contributed by atoms with van der Waals surface area (Å²) in [6, 6.07) is 4.19. The number of hydrogen-bond donors (Lipinski definition) is 0. The molecule has 0 atom stereocenters. The number of anilines is 1.